The molecule has 1 heterocycles. The number of amides is 4. The largest absolute Gasteiger partial charge is 0.496 e. The second-order valence-electron chi connectivity index (χ2n) is 6.32. The van der Waals surface area contributed by atoms with Crippen molar-refractivity contribution in [3.63, 3.8) is 0 Å². The highest BCUT2D eigenvalue weighted by molar-refractivity contribution is 6.15. The second-order valence-corrected chi connectivity index (χ2v) is 6.32. The van der Waals surface area contributed by atoms with Crippen molar-refractivity contribution in [2.45, 2.75) is 19.5 Å². The first-order valence-electron chi connectivity index (χ1n) is 8.71. The molecule has 3 rings (SSSR count). The number of carbonyl (C=O) groups excluding carboxylic acids is 3. The lowest BCUT2D eigenvalue weighted by molar-refractivity contribution is -0.131. The number of ether oxygens (including phenoxy) is 1. The van der Waals surface area contributed by atoms with E-state index in [0.29, 0.717) is 11.4 Å². The predicted octanol–water partition coefficient (Wildman–Crippen LogP) is 2.31. The Labute approximate surface area is 161 Å². The Morgan fingerprint density at radius 2 is 1.82 bits per heavy atom. The topological polar surface area (TPSA) is 79.0 Å². The van der Waals surface area contributed by atoms with Crippen LogP contribution in [0.3, 0.4) is 0 Å². The molecule has 1 fully saturated rings. The Balaban J connectivity index is 1.66. The number of halogens is 1. The fourth-order valence-electron chi connectivity index (χ4n) is 3.05. The molecule has 1 aliphatic rings. The molecule has 2 aromatic rings. The van der Waals surface area contributed by atoms with E-state index in [-0.39, 0.29) is 6.54 Å². The standard InChI is InChI=1S/C20H20FN3O4/c1-13-19(26)23(20(27)24(13)16-9-7-15(21)8-10-16)12-18(25)22-11-14-5-3-4-6-17(14)28-2/h3-10,13H,11-12H2,1-2H3,(H,22,25)/t13-/m0/s1. The molecule has 1 saturated heterocycles. The van der Waals surface area contributed by atoms with Gasteiger partial charge in [0.1, 0.15) is 24.2 Å². The van der Waals surface area contributed by atoms with Crippen LogP contribution in [-0.2, 0) is 16.1 Å². The van der Waals surface area contributed by atoms with E-state index < -0.39 is 36.2 Å². The van der Waals surface area contributed by atoms with Crippen molar-refractivity contribution >= 4 is 23.5 Å². The lowest BCUT2D eigenvalue weighted by Crippen LogP contribution is -2.41. The summed E-state index contributed by atoms with van der Waals surface area (Å²) in [5, 5.41) is 2.69. The van der Waals surface area contributed by atoms with Crippen molar-refractivity contribution in [3.05, 3.63) is 59.9 Å². The maximum Gasteiger partial charge on any atom is 0.332 e. The molecule has 0 unspecified atom stereocenters. The molecule has 0 radical (unpaired) electrons. The minimum absolute atomic E-state index is 0.205. The predicted molar refractivity (Wildman–Crippen MR) is 100 cm³/mol. The number of rotatable bonds is 6. The molecule has 0 aliphatic carbocycles. The van der Waals surface area contributed by atoms with E-state index in [0.717, 1.165) is 10.5 Å². The van der Waals surface area contributed by atoms with Gasteiger partial charge < -0.3 is 10.1 Å². The van der Waals surface area contributed by atoms with Crippen molar-refractivity contribution in [1.82, 2.24) is 10.2 Å². The summed E-state index contributed by atoms with van der Waals surface area (Å²) >= 11 is 0. The monoisotopic (exact) mass is 385 g/mol. The summed E-state index contributed by atoms with van der Waals surface area (Å²) in [6.45, 7) is 1.38. The average molecular weight is 385 g/mol. The molecule has 28 heavy (non-hydrogen) atoms. The van der Waals surface area contributed by atoms with Crippen LogP contribution in [-0.4, -0.2) is 42.4 Å². The number of benzene rings is 2. The van der Waals surface area contributed by atoms with Gasteiger partial charge in [-0.05, 0) is 37.3 Å². The summed E-state index contributed by atoms with van der Waals surface area (Å²) in [6.07, 6.45) is 0. The molecule has 0 bridgehead atoms. The SMILES string of the molecule is COc1ccccc1CNC(=O)CN1C(=O)[C@H](C)N(c2ccc(F)cc2)C1=O. The highest BCUT2D eigenvalue weighted by atomic mass is 19.1. The van der Waals surface area contributed by atoms with Crippen molar-refractivity contribution in [2.75, 3.05) is 18.6 Å². The fraction of sp³-hybridized carbons (Fsp3) is 0.250. The Morgan fingerprint density at radius 1 is 1.14 bits per heavy atom. The first-order chi connectivity index (χ1) is 13.4. The number of hydrogen-bond acceptors (Lipinski definition) is 4. The van der Waals surface area contributed by atoms with Gasteiger partial charge in [0.2, 0.25) is 5.91 Å². The zero-order valence-corrected chi connectivity index (χ0v) is 15.5. The lowest BCUT2D eigenvalue weighted by Gasteiger charge is -2.19. The molecular formula is C20H20FN3O4. The molecule has 8 heteroatoms. The summed E-state index contributed by atoms with van der Waals surface area (Å²) in [7, 11) is 1.54. The number of urea groups is 1. The van der Waals surface area contributed by atoms with Crippen LogP contribution in [0.15, 0.2) is 48.5 Å². The summed E-state index contributed by atoms with van der Waals surface area (Å²) in [4.78, 5) is 39.6. The molecule has 0 saturated carbocycles. The van der Waals surface area contributed by atoms with Gasteiger partial charge in [0, 0.05) is 17.8 Å². The van der Waals surface area contributed by atoms with Gasteiger partial charge in [-0.25, -0.2) is 9.18 Å². The van der Waals surface area contributed by atoms with Crippen LogP contribution in [0.5, 0.6) is 5.75 Å². The van der Waals surface area contributed by atoms with E-state index in [1.807, 2.05) is 18.2 Å². The van der Waals surface area contributed by atoms with Crippen LogP contribution in [0.2, 0.25) is 0 Å². The number of imide groups is 1. The van der Waals surface area contributed by atoms with E-state index in [2.05, 4.69) is 5.32 Å². The number of carbonyl (C=O) groups is 3. The zero-order valence-electron chi connectivity index (χ0n) is 15.5. The van der Waals surface area contributed by atoms with Gasteiger partial charge in [-0.1, -0.05) is 18.2 Å². The molecule has 1 atom stereocenters. The number of para-hydroxylation sites is 1. The van der Waals surface area contributed by atoms with Gasteiger partial charge >= 0.3 is 6.03 Å². The Hall–Kier alpha value is -3.42. The highest BCUT2D eigenvalue weighted by Gasteiger charge is 2.44. The summed E-state index contributed by atoms with van der Waals surface area (Å²) in [5.74, 6) is -0.767. The molecule has 1 aliphatic heterocycles. The number of anilines is 1. The smallest absolute Gasteiger partial charge is 0.332 e. The Bertz CT molecular complexity index is 901. The van der Waals surface area contributed by atoms with E-state index in [9.17, 15) is 18.8 Å². The highest BCUT2D eigenvalue weighted by Crippen LogP contribution is 2.25. The molecule has 4 amide bonds. The van der Waals surface area contributed by atoms with Crippen LogP contribution in [0.1, 0.15) is 12.5 Å². The maximum absolute atomic E-state index is 13.1. The molecule has 146 valence electrons. The van der Waals surface area contributed by atoms with Gasteiger partial charge in [-0.3, -0.25) is 19.4 Å². The molecule has 0 aromatic heterocycles. The van der Waals surface area contributed by atoms with Crippen LogP contribution in [0, 0.1) is 5.82 Å². The fourth-order valence-corrected chi connectivity index (χ4v) is 3.05. The van der Waals surface area contributed by atoms with Gasteiger partial charge in [-0.15, -0.1) is 0 Å². The first-order valence-corrected chi connectivity index (χ1v) is 8.71. The molecule has 7 nitrogen and oxygen atoms in total. The van der Waals surface area contributed by atoms with Gasteiger partial charge in [0.15, 0.2) is 0 Å². The maximum atomic E-state index is 13.1. The van der Waals surface area contributed by atoms with E-state index in [1.54, 1.807) is 13.0 Å². The summed E-state index contributed by atoms with van der Waals surface area (Å²) in [6, 6.07) is 11.1. The van der Waals surface area contributed by atoms with Gasteiger partial charge in [-0.2, -0.15) is 0 Å². The van der Waals surface area contributed by atoms with Crippen LogP contribution < -0.4 is 15.0 Å². The minimum atomic E-state index is -0.778. The number of hydrogen-bond donors (Lipinski definition) is 1. The third-order valence-electron chi connectivity index (χ3n) is 4.52. The molecule has 1 N–H and O–H groups in total. The van der Waals surface area contributed by atoms with Crippen molar-refractivity contribution in [2.24, 2.45) is 0 Å². The van der Waals surface area contributed by atoms with Crippen LogP contribution in [0.25, 0.3) is 0 Å². The van der Waals surface area contributed by atoms with Gasteiger partial charge in [0.05, 0.1) is 7.11 Å². The number of nitrogens with one attached hydrogen (secondary N) is 1. The van der Waals surface area contributed by atoms with Crippen molar-refractivity contribution < 1.29 is 23.5 Å². The number of nitrogens with zero attached hydrogens (tertiary/aromatic N) is 2. The van der Waals surface area contributed by atoms with E-state index in [1.165, 1.54) is 36.3 Å². The van der Waals surface area contributed by atoms with Crippen LogP contribution >= 0.6 is 0 Å². The third-order valence-corrected chi connectivity index (χ3v) is 4.52. The van der Waals surface area contributed by atoms with Crippen LogP contribution in [0.4, 0.5) is 14.9 Å². The summed E-state index contributed by atoms with van der Waals surface area (Å²) in [5.41, 5.74) is 1.17. The van der Waals surface area contributed by atoms with E-state index in [4.69, 9.17) is 4.74 Å². The van der Waals surface area contributed by atoms with E-state index >= 15 is 0 Å². The minimum Gasteiger partial charge on any atom is -0.496 e. The average Bonchev–Trinajstić information content (AvgIpc) is 2.91. The molecule has 2 aromatic carbocycles. The molecule has 0 spiro atoms. The van der Waals surface area contributed by atoms with Gasteiger partial charge in [0.25, 0.3) is 5.91 Å². The van der Waals surface area contributed by atoms with Crippen molar-refractivity contribution in [1.29, 1.82) is 0 Å². The number of methoxy groups -OCH3 is 1. The second kappa shape index (κ2) is 8.08. The third kappa shape index (κ3) is 3.80. The molecular weight excluding hydrogens is 365 g/mol. The zero-order chi connectivity index (χ0) is 20.3. The lowest BCUT2D eigenvalue weighted by atomic mass is 10.2. The summed E-state index contributed by atoms with van der Waals surface area (Å²) < 4.78 is 18.4. The first kappa shape index (κ1) is 19.3. The Morgan fingerprint density at radius 3 is 2.50 bits per heavy atom. The Kier molecular flexibility index (Phi) is 5.58. The van der Waals surface area contributed by atoms with Crippen molar-refractivity contribution in [3.8, 4) is 5.75 Å². The quantitative estimate of drug-likeness (QED) is 0.774. The normalized spacial score (nSPS) is 16.5.